The van der Waals surface area contributed by atoms with E-state index in [4.69, 9.17) is 9.26 Å². The summed E-state index contributed by atoms with van der Waals surface area (Å²) >= 11 is 1.33. The Balaban J connectivity index is 1.45. The summed E-state index contributed by atoms with van der Waals surface area (Å²) < 4.78 is 10.8. The van der Waals surface area contributed by atoms with Crippen LogP contribution < -0.4 is 0 Å². The Kier molecular flexibility index (Phi) is 4.34. The Morgan fingerprint density at radius 1 is 1.07 bits per heavy atom. The molecule has 7 nitrogen and oxygen atoms in total. The van der Waals surface area contributed by atoms with E-state index in [-0.39, 0.29) is 5.91 Å². The van der Waals surface area contributed by atoms with Crippen LogP contribution in [0.4, 0.5) is 0 Å². The van der Waals surface area contributed by atoms with E-state index < -0.39 is 0 Å². The molecule has 28 heavy (non-hydrogen) atoms. The molecule has 1 aliphatic heterocycles. The molecule has 8 heteroatoms. The first-order chi connectivity index (χ1) is 13.8. The summed E-state index contributed by atoms with van der Waals surface area (Å²) in [5.41, 5.74) is 3.42. The number of pyridine rings is 1. The van der Waals surface area contributed by atoms with Gasteiger partial charge in [0.15, 0.2) is 5.58 Å². The molecule has 0 bridgehead atoms. The Bertz CT molecular complexity index is 1130. The Morgan fingerprint density at radius 2 is 1.89 bits per heavy atom. The van der Waals surface area contributed by atoms with Crippen molar-refractivity contribution >= 4 is 28.2 Å². The number of morpholine rings is 1. The van der Waals surface area contributed by atoms with Gasteiger partial charge in [0.25, 0.3) is 5.91 Å². The predicted octanol–water partition coefficient (Wildman–Crippen LogP) is 3.49. The lowest BCUT2D eigenvalue weighted by Crippen LogP contribution is -2.40. The number of nitrogens with zero attached hydrogens (tertiary/aromatic N) is 4. The molecule has 1 saturated heterocycles. The quantitative estimate of drug-likeness (QED) is 0.531. The zero-order chi connectivity index (χ0) is 18.9. The minimum Gasteiger partial charge on any atom is -0.378 e. The SMILES string of the molecule is O=C(c1cnc(-c2noc3cc(-c4ccncc4)ccc23)s1)N1CCOCC1. The number of amides is 1. The van der Waals surface area contributed by atoms with Gasteiger partial charge in [0.2, 0.25) is 0 Å². The number of ether oxygens (including phenoxy) is 1. The van der Waals surface area contributed by atoms with Crippen LogP contribution in [-0.2, 0) is 4.74 Å². The highest BCUT2D eigenvalue weighted by atomic mass is 32.1. The maximum absolute atomic E-state index is 12.6. The molecular weight excluding hydrogens is 376 g/mol. The fourth-order valence-electron chi connectivity index (χ4n) is 3.22. The Labute approximate surface area is 164 Å². The number of aromatic nitrogens is 3. The van der Waals surface area contributed by atoms with E-state index in [1.54, 1.807) is 23.5 Å². The number of fused-ring (bicyclic) bond motifs is 1. The second-order valence-electron chi connectivity index (χ2n) is 6.41. The fraction of sp³-hybridized carbons (Fsp3) is 0.200. The van der Waals surface area contributed by atoms with E-state index in [0.717, 1.165) is 16.5 Å². The molecule has 0 spiro atoms. The Morgan fingerprint density at radius 3 is 2.71 bits per heavy atom. The first kappa shape index (κ1) is 17.0. The van der Waals surface area contributed by atoms with Gasteiger partial charge in [-0.3, -0.25) is 9.78 Å². The van der Waals surface area contributed by atoms with E-state index in [1.807, 2.05) is 30.3 Å². The molecule has 3 aromatic heterocycles. The van der Waals surface area contributed by atoms with Crippen LogP contribution in [-0.4, -0.2) is 52.2 Å². The van der Waals surface area contributed by atoms with E-state index in [1.165, 1.54) is 11.3 Å². The molecule has 4 heterocycles. The molecule has 0 N–H and O–H groups in total. The molecule has 5 rings (SSSR count). The van der Waals surface area contributed by atoms with Crippen molar-refractivity contribution in [2.24, 2.45) is 0 Å². The van der Waals surface area contributed by atoms with Crippen LogP contribution in [0.15, 0.2) is 53.4 Å². The summed E-state index contributed by atoms with van der Waals surface area (Å²) in [5.74, 6) is -0.0141. The zero-order valence-electron chi connectivity index (χ0n) is 14.9. The number of carbonyl (C=O) groups is 1. The standard InChI is InChI=1S/C20H16N4O3S/c25-20(24-7-9-26-10-8-24)17-12-22-19(28-17)18-15-2-1-14(11-16(15)27-23-18)13-3-5-21-6-4-13/h1-6,11-12H,7-10H2. The summed E-state index contributed by atoms with van der Waals surface area (Å²) in [4.78, 5) is 23.5. The third-order valence-corrected chi connectivity index (χ3v) is 5.70. The highest BCUT2D eigenvalue weighted by Crippen LogP contribution is 2.33. The molecule has 1 amide bonds. The number of hydrogen-bond acceptors (Lipinski definition) is 7. The van der Waals surface area contributed by atoms with Gasteiger partial charge >= 0.3 is 0 Å². The van der Waals surface area contributed by atoms with Crippen molar-refractivity contribution in [2.75, 3.05) is 26.3 Å². The maximum atomic E-state index is 12.6. The lowest BCUT2D eigenvalue weighted by Gasteiger charge is -2.26. The van der Waals surface area contributed by atoms with Crippen LogP contribution >= 0.6 is 11.3 Å². The van der Waals surface area contributed by atoms with Crippen LogP contribution in [0.3, 0.4) is 0 Å². The van der Waals surface area contributed by atoms with Crippen LogP contribution in [0.25, 0.3) is 32.8 Å². The molecule has 0 aliphatic carbocycles. The van der Waals surface area contributed by atoms with Gasteiger partial charge in [0, 0.05) is 25.5 Å². The van der Waals surface area contributed by atoms with E-state index in [9.17, 15) is 4.79 Å². The van der Waals surface area contributed by atoms with Gasteiger partial charge in [-0.1, -0.05) is 11.2 Å². The van der Waals surface area contributed by atoms with Gasteiger partial charge in [0.1, 0.15) is 15.6 Å². The van der Waals surface area contributed by atoms with Gasteiger partial charge in [0.05, 0.1) is 24.8 Å². The second kappa shape index (κ2) is 7.14. The molecular formula is C20H16N4O3S. The monoisotopic (exact) mass is 392 g/mol. The van der Waals surface area contributed by atoms with Crippen molar-refractivity contribution in [3.63, 3.8) is 0 Å². The molecule has 1 aromatic carbocycles. The normalized spacial score (nSPS) is 14.5. The van der Waals surface area contributed by atoms with Crippen LogP contribution in [0.2, 0.25) is 0 Å². The summed E-state index contributed by atoms with van der Waals surface area (Å²) in [6.45, 7) is 2.36. The summed E-state index contributed by atoms with van der Waals surface area (Å²) in [7, 11) is 0. The van der Waals surface area contributed by atoms with E-state index >= 15 is 0 Å². The molecule has 1 fully saturated rings. The number of benzene rings is 1. The van der Waals surface area contributed by atoms with Gasteiger partial charge < -0.3 is 14.2 Å². The summed E-state index contributed by atoms with van der Waals surface area (Å²) in [6, 6.07) is 9.84. The average Bonchev–Trinajstić information content (AvgIpc) is 3.41. The predicted molar refractivity (Wildman–Crippen MR) is 105 cm³/mol. The van der Waals surface area contributed by atoms with Crippen molar-refractivity contribution in [1.82, 2.24) is 20.0 Å². The molecule has 0 unspecified atom stereocenters. The minimum atomic E-state index is -0.0141. The number of thiazole rings is 1. The topological polar surface area (TPSA) is 81.3 Å². The third kappa shape index (κ3) is 3.06. The van der Waals surface area contributed by atoms with E-state index in [0.29, 0.717) is 47.5 Å². The van der Waals surface area contributed by atoms with Crippen LogP contribution in [0.5, 0.6) is 0 Å². The highest BCUT2D eigenvalue weighted by Gasteiger charge is 2.22. The first-order valence-electron chi connectivity index (χ1n) is 8.93. The minimum absolute atomic E-state index is 0.0141. The zero-order valence-corrected chi connectivity index (χ0v) is 15.7. The van der Waals surface area contributed by atoms with Gasteiger partial charge in [-0.05, 0) is 35.4 Å². The van der Waals surface area contributed by atoms with Gasteiger partial charge in [-0.15, -0.1) is 11.3 Å². The van der Waals surface area contributed by atoms with Gasteiger partial charge in [-0.25, -0.2) is 4.98 Å². The van der Waals surface area contributed by atoms with Crippen molar-refractivity contribution in [3.05, 3.63) is 53.8 Å². The van der Waals surface area contributed by atoms with Gasteiger partial charge in [-0.2, -0.15) is 0 Å². The number of carbonyl (C=O) groups excluding carboxylic acids is 1. The van der Waals surface area contributed by atoms with Crippen molar-refractivity contribution in [1.29, 1.82) is 0 Å². The summed E-state index contributed by atoms with van der Waals surface area (Å²) in [6.07, 6.45) is 5.13. The van der Waals surface area contributed by atoms with Crippen LogP contribution in [0, 0.1) is 0 Å². The number of rotatable bonds is 3. The molecule has 4 aromatic rings. The van der Waals surface area contributed by atoms with Crippen molar-refractivity contribution in [2.45, 2.75) is 0 Å². The van der Waals surface area contributed by atoms with Crippen molar-refractivity contribution in [3.8, 4) is 21.8 Å². The molecule has 1 aliphatic rings. The lowest BCUT2D eigenvalue weighted by molar-refractivity contribution is 0.0306. The first-order valence-corrected chi connectivity index (χ1v) is 9.74. The fourth-order valence-corrected chi connectivity index (χ4v) is 4.10. The highest BCUT2D eigenvalue weighted by molar-refractivity contribution is 7.17. The van der Waals surface area contributed by atoms with E-state index in [2.05, 4.69) is 15.1 Å². The largest absolute Gasteiger partial charge is 0.378 e. The lowest BCUT2D eigenvalue weighted by atomic mass is 10.1. The second-order valence-corrected chi connectivity index (χ2v) is 7.44. The maximum Gasteiger partial charge on any atom is 0.265 e. The smallest absolute Gasteiger partial charge is 0.265 e. The molecule has 0 radical (unpaired) electrons. The number of hydrogen-bond donors (Lipinski definition) is 0. The molecule has 140 valence electrons. The molecule has 0 saturated carbocycles. The van der Waals surface area contributed by atoms with Crippen molar-refractivity contribution < 1.29 is 14.1 Å². The average molecular weight is 392 g/mol. The summed E-state index contributed by atoms with van der Waals surface area (Å²) in [5, 5.41) is 5.75. The third-order valence-electron chi connectivity index (χ3n) is 4.70. The Hall–Kier alpha value is -3.10. The molecule has 0 atom stereocenters. The van der Waals surface area contributed by atoms with Crippen LogP contribution in [0.1, 0.15) is 9.67 Å².